The van der Waals surface area contributed by atoms with E-state index < -0.39 is 0 Å². The van der Waals surface area contributed by atoms with E-state index in [4.69, 9.17) is 33.7 Å². The van der Waals surface area contributed by atoms with Gasteiger partial charge in [0.05, 0.1) is 0 Å². The summed E-state index contributed by atoms with van der Waals surface area (Å²) in [5, 5.41) is 1.23. The SMILES string of the molecule is NCc1c(Cl)cccc1Oc1cccc(Cl)c1. The average Bonchev–Trinajstić information content (AvgIpc) is 2.29. The molecule has 0 spiro atoms. The van der Waals surface area contributed by atoms with Crippen LogP contribution in [0.1, 0.15) is 5.56 Å². The Bertz CT molecular complexity index is 529. The molecule has 0 unspecified atom stereocenters. The minimum absolute atomic E-state index is 0.329. The molecule has 4 heteroatoms. The van der Waals surface area contributed by atoms with E-state index in [1.54, 1.807) is 18.2 Å². The minimum atomic E-state index is 0.329. The predicted octanol–water partition coefficient (Wildman–Crippen LogP) is 4.24. The molecule has 88 valence electrons. The third-order valence-electron chi connectivity index (χ3n) is 2.30. The molecule has 0 amide bonds. The molecule has 0 saturated heterocycles. The van der Waals surface area contributed by atoms with Gasteiger partial charge in [0.2, 0.25) is 0 Å². The van der Waals surface area contributed by atoms with Gasteiger partial charge >= 0.3 is 0 Å². The minimum Gasteiger partial charge on any atom is -0.457 e. The highest BCUT2D eigenvalue weighted by Crippen LogP contribution is 2.30. The van der Waals surface area contributed by atoms with Gasteiger partial charge in [-0.05, 0) is 30.3 Å². The molecule has 17 heavy (non-hydrogen) atoms. The fourth-order valence-corrected chi connectivity index (χ4v) is 1.91. The molecule has 0 aliphatic rings. The molecule has 0 saturated carbocycles. The van der Waals surface area contributed by atoms with Gasteiger partial charge in [0, 0.05) is 22.2 Å². The first-order valence-corrected chi connectivity index (χ1v) is 5.87. The molecule has 2 aromatic carbocycles. The highest BCUT2D eigenvalue weighted by Gasteiger charge is 2.07. The van der Waals surface area contributed by atoms with Crippen molar-refractivity contribution in [3.05, 3.63) is 58.1 Å². The molecule has 2 rings (SSSR count). The lowest BCUT2D eigenvalue weighted by Crippen LogP contribution is -2.00. The van der Waals surface area contributed by atoms with Gasteiger partial charge in [-0.3, -0.25) is 0 Å². The van der Waals surface area contributed by atoms with Gasteiger partial charge < -0.3 is 10.5 Å². The molecular formula is C13H11Cl2NO. The van der Waals surface area contributed by atoms with Crippen LogP contribution < -0.4 is 10.5 Å². The molecule has 2 aromatic rings. The number of benzene rings is 2. The molecule has 2 nitrogen and oxygen atoms in total. The summed E-state index contributed by atoms with van der Waals surface area (Å²) >= 11 is 11.9. The molecule has 0 aliphatic carbocycles. The second-order valence-corrected chi connectivity index (χ2v) is 4.32. The van der Waals surface area contributed by atoms with Crippen molar-refractivity contribution in [1.82, 2.24) is 0 Å². The lowest BCUT2D eigenvalue weighted by Gasteiger charge is -2.11. The van der Waals surface area contributed by atoms with Crippen molar-refractivity contribution in [3.8, 4) is 11.5 Å². The van der Waals surface area contributed by atoms with Crippen LogP contribution in [0.2, 0.25) is 10.0 Å². The lowest BCUT2D eigenvalue weighted by atomic mass is 10.2. The van der Waals surface area contributed by atoms with Crippen molar-refractivity contribution in [2.75, 3.05) is 0 Å². The van der Waals surface area contributed by atoms with Crippen molar-refractivity contribution in [1.29, 1.82) is 0 Å². The van der Waals surface area contributed by atoms with E-state index in [-0.39, 0.29) is 0 Å². The maximum Gasteiger partial charge on any atom is 0.133 e. The zero-order valence-electron chi connectivity index (χ0n) is 8.99. The van der Waals surface area contributed by atoms with Crippen LogP contribution in [0.25, 0.3) is 0 Å². The van der Waals surface area contributed by atoms with Gasteiger partial charge in [0.25, 0.3) is 0 Å². The molecule has 0 aliphatic heterocycles. The third-order valence-corrected chi connectivity index (χ3v) is 2.89. The summed E-state index contributed by atoms with van der Waals surface area (Å²) in [5.74, 6) is 1.32. The Labute approximate surface area is 110 Å². The summed E-state index contributed by atoms with van der Waals surface area (Å²) in [6.45, 7) is 0.329. The topological polar surface area (TPSA) is 35.2 Å². The van der Waals surface area contributed by atoms with Crippen molar-refractivity contribution in [2.45, 2.75) is 6.54 Å². The Morgan fingerprint density at radius 1 is 1.06 bits per heavy atom. The van der Waals surface area contributed by atoms with Crippen LogP contribution >= 0.6 is 23.2 Å². The second-order valence-electron chi connectivity index (χ2n) is 3.48. The Hall–Kier alpha value is -1.22. The first-order chi connectivity index (χ1) is 8.20. The summed E-state index contributed by atoms with van der Waals surface area (Å²) in [4.78, 5) is 0. The largest absolute Gasteiger partial charge is 0.457 e. The van der Waals surface area contributed by atoms with E-state index in [2.05, 4.69) is 0 Å². The van der Waals surface area contributed by atoms with Gasteiger partial charge in [-0.2, -0.15) is 0 Å². The lowest BCUT2D eigenvalue weighted by molar-refractivity contribution is 0.476. The van der Waals surface area contributed by atoms with Gasteiger partial charge in [0.1, 0.15) is 11.5 Å². The Kier molecular flexibility index (Phi) is 3.89. The van der Waals surface area contributed by atoms with Gasteiger partial charge in [-0.1, -0.05) is 35.3 Å². The van der Waals surface area contributed by atoms with Crippen LogP contribution in [-0.2, 0) is 6.54 Å². The number of ether oxygens (including phenoxy) is 1. The first kappa shape index (κ1) is 12.2. The summed E-state index contributed by atoms with van der Waals surface area (Å²) in [5.41, 5.74) is 6.43. The van der Waals surface area contributed by atoms with E-state index in [1.165, 1.54) is 0 Å². The van der Waals surface area contributed by atoms with E-state index >= 15 is 0 Å². The summed E-state index contributed by atoms with van der Waals surface area (Å²) in [7, 11) is 0. The normalized spacial score (nSPS) is 10.3. The third kappa shape index (κ3) is 2.91. The fraction of sp³-hybridized carbons (Fsp3) is 0.0769. The van der Waals surface area contributed by atoms with Crippen LogP contribution in [0.3, 0.4) is 0 Å². The van der Waals surface area contributed by atoms with Crippen molar-refractivity contribution < 1.29 is 4.74 Å². The van der Waals surface area contributed by atoms with Crippen molar-refractivity contribution in [3.63, 3.8) is 0 Å². The molecule has 0 heterocycles. The van der Waals surface area contributed by atoms with Crippen molar-refractivity contribution in [2.24, 2.45) is 5.73 Å². The van der Waals surface area contributed by atoms with Crippen molar-refractivity contribution >= 4 is 23.2 Å². The molecule has 0 atom stereocenters. The maximum absolute atomic E-state index is 6.04. The summed E-state index contributed by atoms with van der Waals surface area (Å²) in [6.07, 6.45) is 0. The van der Waals surface area contributed by atoms with Gasteiger partial charge in [-0.25, -0.2) is 0 Å². The fourth-order valence-electron chi connectivity index (χ4n) is 1.49. The number of hydrogen-bond acceptors (Lipinski definition) is 2. The zero-order valence-corrected chi connectivity index (χ0v) is 10.5. The Morgan fingerprint density at radius 2 is 1.82 bits per heavy atom. The smallest absolute Gasteiger partial charge is 0.133 e. The number of nitrogens with two attached hydrogens (primary N) is 1. The first-order valence-electron chi connectivity index (χ1n) is 5.11. The molecule has 2 N–H and O–H groups in total. The Morgan fingerprint density at radius 3 is 2.53 bits per heavy atom. The van der Waals surface area contributed by atoms with Crippen LogP contribution in [-0.4, -0.2) is 0 Å². The second kappa shape index (κ2) is 5.41. The van der Waals surface area contributed by atoms with Crippen LogP contribution in [0.5, 0.6) is 11.5 Å². The quantitative estimate of drug-likeness (QED) is 0.903. The van der Waals surface area contributed by atoms with Crippen LogP contribution in [0.4, 0.5) is 0 Å². The van der Waals surface area contributed by atoms with E-state index in [0.29, 0.717) is 28.1 Å². The molecular weight excluding hydrogens is 257 g/mol. The highest BCUT2D eigenvalue weighted by molar-refractivity contribution is 6.31. The highest BCUT2D eigenvalue weighted by atomic mass is 35.5. The monoisotopic (exact) mass is 267 g/mol. The molecule has 0 fully saturated rings. The number of halogens is 2. The zero-order chi connectivity index (χ0) is 12.3. The summed E-state index contributed by atoms with van der Waals surface area (Å²) in [6, 6.07) is 12.6. The average molecular weight is 268 g/mol. The Balaban J connectivity index is 2.33. The van der Waals surface area contributed by atoms with Gasteiger partial charge in [-0.15, -0.1) is 0 Å². The van der Waals surface area contributed by atoms with E-state index in [1.807, 2.05) is 24.3 Å². The predicted molar refractivity (Wildman–Crippen MR) is 70.9 cm³/mol. The molecule has 0 aromatic heterocycles. The van der Waals surface area contributed by atoms with Crippen LogP contribution in [0, 0.1) is 0 Å². The molecule has 0 bridgehead atoms. The van der Waals surface area contributed by atoms with E-state index in [9.17, 15) is 0 Å². The number of rotatable bonds is 3. The van der Waals surface area contributed by atoms with Gasteiger partial charge in [0.15, 0.2) is 0 Å². The van der Waals surface area contributed by atoms with Crippen LogP contribution in [0.15, 0.2) is 42.5 Å². The van der Waals surface area contributed by atoms with E-state index in [0.717, 1.165) is 5.56 Å². The maximum atomic E-state index is 6.04. The summed E-state index contributed by atoms with van der Waals surface area (Å²) < 4.78 is 5.71. The molecule has 0 radical (unpaired) electrons. The number of hydrogen-bond donors (Lipinski definition) is 1. The standard InChI is InChI=1S/C13H11Cl2NO/c14-9-3-1-4-10(7-9)17-13-6-2-5-12(15)11(13)8-16/h1-7H,8,16H2.